The molecule has 0 aromatic carbocycles. The Bertz CT molecular complexity index is 310. The zero-order valence-electron chi connectivity index (χ0n) is 10.5. The van der Waals surface area contributed by atoms with Gasteiger partial charge in [0.15, 0.2) is 0 Å². The highest BCUT2D eigenvalue weighted by Crippen LogP contribution is 1.95. The number of rotatable bonds is 10. The van der Waals surface area contributed by atoms with Gasteiger partial charge in [0.25, 0.3) is 0 Å². The van der Waals surface area contributed by atoms with Crippen LogP contribution in [0.3, 0.4) is 0 Å². The zero-order chi connectivity index (χ0) is 14.7. The summed E-state index contributed by atoms with van der Waals surface area (Å²) in [5, 5.41) is 21.5. The van der Waals surface area contributed by atoms with Gasteiger partial charge in [-0.25, -0.2) is 0 Å². The molecule has 108 valence electrons. The summed E-state index contributed by atoms with van der Waals surface area (Å²) in [6, 6.07) is 0. The molecule has 0 aromatic rings. The molecular weight excluding hydrogens is 256 g/mol. The maximum absolute atomic E-state index is 11.2. The largest absolute Gasteiger partial charge is 0.481 e. The van der Waals surface area contributed by atoms with Gasteiger partial charge in [-0.1, -0.05) is 0 Å². The van der Waals surface area contributed by atoms with E-state index in [2.05, 4.69) is 10.6 Å². The van der Waals surface area contributed by atoms with E-state index in [0.717, 1.165) is 0 Å². The second-order valence-electron chi connectivity index (χ2n) is 3.84. The predicted octanol–water partition coefficient (Wildman–Crippen LogP) is -0.661. The number of carbonyl (C=O) groups is 4. The van der Waals surface area contributed by atoms with E-state index >= 15 is 0 Å². The van der Waals surface area contributed by atoms with Crippen LogP contribution in [0.1, 0.15) is 32.1 Å². The topological polar surface area (TPSA) is 133 Å². The Morgan fingerprint density at radius 2 is 1.05 bits per heavy atom. The average molecular weight is 274 g/mol. The second kappa shape index (κ2) is 9.86. The van der Waals surface area contributed by atoms with Crippen molar-refractivity contribution in [1.82, 2.24) is 10.6 Å². The van der Waals surface area contributed by atoms with E-state index in [0.29, 0.717) is 6.42 Å². The molecule has 0 aliphatic carbocycles. The van der Waals surface area contributed by atoms with Crippen molar-refractivity contribution >= 4 is 23.8 Å². The first-order valence-corrected chi connectivity index (χ1v) is 5.89. The minimum absolute atomic E-state index is 0.0684. The molecule has 0 aliphatic heterocycles. The molecule has 0 atom stereocenters. The third-order valence-corrected chi connectivity index (χ3v) is 2.13. The summed E-state index contributed by atoms with van der Waals surface area (Å²) >= 11 is 0. The van der Waals surface area contributed by atoms with Gasteiger partial charge in [-0.2, -0.15) is 0 Å². The zero-order valence-corrected chi connectivity index (χ0v) is 10.5. The van der Waals surface area contributed by atoms with Gasteiger partial charge in [0.1, 0.15) is 0 Å². The van der Waals surface area contributed by atoms with Crippen molar-refractivity contribution in [2.24, 2.45) is 0 Å². The summed E-state index contributed by atoms with van der Waals surface area (Å²) in [7, 11) is 0. The van der Waals surface area contributed by atoms with E-state index in [1.165, 1.54) is 0 Å². The van der Waals surface area contributed by atoms with Crippen molar-refractivity contribution in [3.63, 3.8) is 0 Å². The fraction of sp³-hybridized carbons (Fsp3) is 0.636. The fourth-order valence-corrected chi connectivity index (χ4v) is 1.20. The van der Waals surface area contributed by atoms with Crippen LogP contribution in [0.2, 0.25) is 0 Å². The predicted molar refractivity (Wildman–Crippen MR) is 64.4 cm³/mol. The Labute approximate surface area is 110 Å². The quantitative estimate of drug-likeness (QED) is 0.418. The summed E-state index contributed by atoms with van der Waals surface area (Å²) in [5.74, 6) is -2.59. The number of carboxylic acid groups (broad SMARTS) is 2. The molecule has 19 heavy (non-hydrogen) atoms. The first-order valence-electron chi connectivity index (χ1n) is 5.89. The highest BCUT2D eigenvalue weighted by atomic mass is 16.4. The standard InChI is InChI=1S/C11H18N2O6/c14-8(12-6-4-10(16)17)2-1-3-9(15)13-7-5-11(18)19/h1-7H2,(H,12,14)(H,13,15)(H,16,17)(H,18,19). The molecule has 0 saturated carbocycles. The van der Waals surface area contributed by atoms with Crippen LogP contribution in [0.5, 0.6) is 0 Å². The van der Waals surface area contributed by atoms with Gasteiger partial charge in [0.2, 0.25) is 11.8 Å². The van der Waals surface area contributed by atoms with E-state index in [1.807, 2.05) is 0 Å². The van der Waals surface area contributed by atoms with Crippen LogP contribution in [0.4, 0.5) is 0 Å². The van der Waals surface area contributed by atoms with Gasteiger partial charge < -0.3 is 20.8 Å². The summed E-state index contributed by atoms with van der Waals surface area (Å²) in [6.07, 6.45) is 0.318. The number of hydrogen-bond donors (Lipinski definition) is 4. The molecule has 0 aliphatic rings. The maximum Gasteiger partial charge on any atom is 0.305 e. The lowest BCUT2D eigenvalue weighted by Crippen LogP contribution is -2.28. The van der Waals surface area contributed by atoms with Crippen LogP contribution < -0.4 is 10.6 Å². The number of carboxylic acids is 2. The number of carbonyl (C=O) groups excluding carboxylic acids is 2. The van der Waals surface area contributed by atoms with Crippen molar-refractivity contribution < 1.29 is 29.4 Å². The average Bonchev–Trinajstić information content (AvgIpc) is 2.27. The fourth-order valence-electron chi connectivity index (χ4n) is 1.20. The molecule has 0 fully saturated rings. The number of amides is 2. The summed E-state index contributed by atoms with van der Waals surface area (Å²) in [5.41, 5.74) is 0. The van der Waals surface area contributed by atoms with E-state index in [9.17, 15) is 19.2 Å². The molecule has 0 radical (unpaired) electrons. The second-order valence-corrected chi connectivity index (χ2v) is 3.84. The van der Waals surface area contributed by atoms with E-state index in [4.69, 9.17) is 10.2 Å². The van der Waals surface area contributed by atoms with Gasteiger partial charge in [-0.05, 0) is 6.42 Å². The van der Waals surface area contributed by atoms with E-state index < -0.39 is 11.9 Å². The van der Waals surface area contributed by atoms with Gasteiger partial charge in [0, 0.05) is 25.9 Å². The van der Waals surface area contributed by atoms with Crippen molar-refractivity contribution in [2.45, 2.75) is 32.1 Å². The molecule has 0 unspecified atom stereocenters. The molecule has 8 heteroatoms. The van der Waals surface area contributed by atoms with Gasteiger partial charge in [-0.15, -0.1) is 0 Å². The lowest BCUT2D eigenvalue weighted by Gasteiger charge is -2.04. The number of hydrogen-bond acceptors (Lipinski definition) is 4. The van der Waals surface area contributed by atoms with Crippen molar-refractivity contribution in [1.29, 1.82) is 0 Å². The Morgan fingerprint density at radius 1 is 0.684 bits per heavy atom. The minimum Gasteiger partial charge on any atom is -0.481 e. The Kier molecular flexibility index (Phi) is 8.76. The molecule has 0 heterocycles. The van der Waals surface area contributed by atoms with Gasteiger partial charge in [0.05, 0.1) is 12.8 Å². The highest BCUT2D eigenvalue weighted by molar-refractivity contribution is 5.79. The molecule has 0 spiro atoms. The molecule has 0 rings (SSSR count). The SMILES string of the molecule is O=C(O)CCNC(=O)CCCC(=O)NCCC(=O)O. The van der Waals surface area contributed by atoms with Crippen LogP contribution in [0.25, 0.3) is 0 Å². The van der Waals surface area contributed by atoms with E-state index in [-0.39, 0.29) is 50.6 Å². The van der Waals surface area contributed by atoms with Crippen molar-refractivity contribution in [2.75, 3.05) is 13.1 Å². The van der Waals surface area contributed by atoms with Crippen molar-refractivity contribution in [3.05, 3.63) is 0 Å². The first-order chi connectivity index (χ1) is 8.91. The highest BCUT2D eigenvalue weighted by Gasteiger charge is 2.06. The van der Waals surface area contributed by atoms with Crippen LogP contribution in [0, 0.1) is 0 Å². The van der Waals surface area contributed by atoms with Crippen molar-refractivity contribution in [3.8, 4) is 0 Å². The summed E-state index contributed by atoms with van der Waals surface area (Å²) < 4.78 is 0. The molecular formula is C11H18N2O6. The van der Waals surface area contributed by atoms with E-state index in [1.54, 1.807) is 0 Å². The lowest BCUT2D eigenvalue weighted by atomic mass is 10.2. The van der Waals surface area contributed by atoms with Gasteiger partial charge >= 0.3 is 11.9 Å². The Morgan fingerprint density at radius 3 is 1.37 bits per heavy atom. The minimum atomic E-state index is -0.988. The number of nitrogens with one attached hydrogen (secondary N) is 2. The van der Waals surface area contributed by atoms with Crippen LogP contribution >= 0.6 is 0 Å². The summed E-state index contributed by atoms with van der Waals surface area (Å²) in [6.45, 7) is 0.137. The molecule has 2 amide bonds. The maximum atomic E-state index is 11.2. The molecule has 0 saturated heterocycles. The Balaban J connectivity index is 3.50. The molecule has 8 nitrogen and oxygen atoms in total. The first kappa shape index (κ1) is 16.9. The molecule has 0 aromatic heterocycles. The molecule has 0 bridgehead atoms. The lowest BCUT2D eigenvalue weighted by molar-refractivity contribution is -0.138. The normalized spacial score (nSPS) is 9.68. The Hall–Kier alpha value is -2.12. The van der Waals surface area contributed by atoms with Crippen LogP contribution in [-0.2, 0) is 19.2 Å². The van der Waals surface area contributed by atoms with Crippen LogP contribution in [-0.4, -0.2) is 47.1 Å². The summed E-state index contributed by atoms with van der Waals surface area (Å²) in [4.78, 5) is 42.8. The number of aliphatic carboxylic acids is 2. The molecule has 4 N–H and O–H groups in total. The third-order valence-electron chi connectivity index (χ3n) is 2.13. The van der Waals surface area contributed by atoms with Gasteiger partial charge in [-0.3, -0.25) is 19.2 Å². The smallest absolute Gasteiger partial charge is 0.305 e. The monoisotopic (exact) mass is 274 g/mol. The third kappa shape index (κ3) is 12.1. The van der Waals surface area contributed by atoms with Crippen LogP contribution in [0.15, 0.2) is 0 Å².